The van der Waals surface area contributed by atoms with E-state index in [9.17, 15) is 4.79 Å². The molecule has 0 bridgehead atoms. The van der Waals surface area contributed by atoms with E-state index >= 15 is 0 Å². The first kappa shape index (κ1) is 17.0. The number of carbonyl (C=O) groups is 1. The van der Waals surface area contributed by atoms with E-state index < -0.39 is 0 Å². The van der Waals surface area contributed by atoms with Gasteiger partial charge in [0, 0.05) is 18.8 Å². The van der Waals surface area contributed by atoms with Crippen LogP contribution in [-0.4, -0.2) is 53.9 Å². The van der Waals surface area contributed by atoms with Gasteiger partial charge in [0.2, 0.25) is 5.91 Å². The molecular formula is C17H23N4O2. The average Bonchev–Trinajstić information content (AvgIpc) is 2.91. The van der Waals surface area contributed by atoms with E-state index in [4.69, 9.17) is 4.74 Å². The first-order valence-corrected chi connectivity index (χ1v) is 7.51. The van der Waals surface area contributed by atoms with Gasteiger partial charge in [-0.1, -0.05) is 0 Å². The van der Waals surface area contributed by atoms with E-state index in [1.54, 1.807) is 16.9 Å². The van der Waals surface area contributed by atoms with Crippen molar-refractivity contribution in [3.63, 3.8) is 0 Å². The van der Waals surface area contributed by atoms with Crippen molar-refractivity contribution in [1.82, 2.24) is 20.0 Å². The van der Waals surface area contributed by atoms with Crippen molar-refractivity contribution in [2.45, 2.75) is 13.0 Å². The summed E-state index contributed by atoms with van der Waals surface area (Å²) in [6.07, 6.45) is 3.74. The first-order chi connectivity index (χ1) is 10.9. The Hall–Kier alpha value is -2.34. The van der Waals surface area contributed by atoms with Crippen molar-refractivity contribution in [2.75, 3.05) is 27.2 Å². The molecule has 0 aliphatic carbocycles. The number of rotatable bonds is 7. The Morgan fingerprint density at radius 2 is 2.22 bits per heavy atom. The summed E-state index contributed by atoms with van der Waals surface area (Å²) in [6.45, 7) is 2.69. The Morgan fingerprint density at radius 1 is 1.43 bits per heavy atom. The fourth-order valence-electron chi connectivity index (χ4n) is 2.14. The number of amides is 1. The van der Waals surface area contributed by atoms with Gasteiger partial charge in [0.25, 0.3) is 0 Å². The number of aryl methyl sites for hydroxylation is 1. The van der Waals surface area contributed by atoms with Gasteiger partial charge in [-0.3, -0.25) is 9.48 Å². The van der Waals surface area contributed by atoms with E-state index in [2.05, 4.69) is 16.5 Å². The molecule has 6 nitrogen and oxygen atoms in total. The lowest BCUT2D eigenvalue weighted by Gasteiger charge is -2.17. The van der Waals surface area contributed by atoms with Gasteiger partial charge < -0.3 is 15.0 Å². The zero-order valence-corrected chi connectivity index (χ0v) is 14.0. The summed E-state index contributed by atoms with van der Waals surface area (Å²) in [6, 6.07) is 8.63. The highest BCUT2D eigenvalue weighted by Gasteiger charge is 2.09. The average molecular weight is 315 g/mol. The summed E-state index contributed by atoms with van der Waals surface area (Å²) in [4.78, 5) is 13.5. The van der Waals surface area contributed by atoms with Crippen molar-refractivity contribution >= 4 is 5.91 Å². The Morgan fingerprint density at radius 3 is 2.87 bits per heavy atom. The number of likely N-dealkylation sites (N-methyl/N-ethyl adjacent to an activating group) is 1. The van der Waals surface area contributed by atoms with Gasteiger partial charge in [-0.05, 0) is 50.8 Å². The third-order valence-corrected chi connectivity index (χ3v) is 3.17. The molecule has 123 valence electrons. The Kier molecular flexibility index (Phi) is 5.76. The fraction of sp³-hybridized carbons (Fsp3) is 0.412. The highest BCUT2D eigenvalue weighted by molar-refractivity contribution is 5.78. The topological polar surface area (TPSA) is 59.4 Å². The number of carbonyl (C=O) groups excluding carboxylic acids is 1. The maximum Gasteiger partial charge on any atom is 0.234 e. The molecule has 23 heavy (non-hydrogen) atoms. The number of nitrogens with zero attached hydrogens (tertiary/aromatic N) is 3. The fourth-order valence-corrected chi connectivity index (χ4v) is 2.14. The van der Waals surface area contributed by atoms with Crippen LogP contribution in [0.1, 0.15) is 6.92 Å². The lowest BCUT2D eigenvalue weighted by molar-refractivity contribution is -0.122. The molecule has 1 heterocycles. The number of benzene rings is 1. The van der Waals surface area contributed by atoms with Crippen LogP contribution in [0, 0.1) is 6.07 Å². The summed E-state index contributed by atoms with van der Waals surface area (Å²) < 4.78 is 7.51. The quantitative estimate of drug-likeness (QED) is 0.837. The Bertz CT molecular complexity index is 652. The minimum absolute atomic E-state index is 0.0122. The number of hydrogen-bond donors (Lipinski definition) is 1. The van der Waals surface area contributed by atoms with Gasteiger partial charge in [-0.15, -0.1) is 0 Å². The van der Waals surface area contributed by atoms with Crippen LogP contribution in [0.15, 0.2) is 30.6 Å². The van der Waals surface area contributed by atoms with Crippen LogP contribution in [0.25, 0.3) is 11.1 Å². The predicted octanol–water partition coefficient (Wildman–Crippen LogP) is 1.33. The second-order valence-corrected chi connectivity index (χ2v) is 5.88. The van der Waals surface area contributed by atoms with Crippen LogP contribution in [0.3, 0.4) is 0 Å². The van der Waals surface area contributed by atoms with E-state index in [1.807, 2.05) is 51.3 Å². The third kappa shape index (κ3) is 5.41. The minimum atomic E-state index is -0.0653. The van der Waals surface area contributed by atoms with Crippen LogP contribution in [0.2, 0.25) is 0 Å². The molecule has 1 atom stereocenters. The number of ether oxygens (including phenoxy) is 1. The Balaban J connectivity index is 1.89. The molecule has 1 aromatic heterocycles. The van der Waals surface area contributed by atoms with Crippen LogP contribution >= 0.6 is 0 Å². The highest BCUT2D eigenvalue weighted by atomic mass is 16.5. The van der Waals surface area contributed by atoms with E-state index in [0.29, 0.717) is 13.2 Å². The predicted molar refractivity (Wildman–Crippen MR) is 89.1 cm³/mol. The smallest absolute Gasteiger partial charge is 0.234 e. The largest absolute Gasteiger partial charge is 0.491 e. The molecule has 0 aliphatic rings. The molecule has 1 radical (unpaired) electrons. The zero-order valence-electron chi connectivity index (χ0n) is 14.0. The maximum absolute atomic E-state index is 11.7. The molecule has 2 aromatic rings. The van der Waals surface area contributed by atoms with Gasteiger partial charge in [0.05, 0.1) is 18.8 Å². The van der Waals surface area contributed by atoms with Crippen molar-refractivity contribution in [3.05, 3.63) is 36.7 Å². The molecule has 0 saturated carbocycles. The van der Waals surface area contributed by atoms with Crippen molar-refractivity contribution in [1.29, 1.82) is 0 Å². The zero-order chi connectivity index (χ0) is 16.8. The monoisotopic (exact) mass is 315 g/mol. The molecule has 6 heteroatoms. The molecule has 2 rings (SSSR count). The van der Waals surface area contributed by atoms with Crippen molar-refractivity contribution in [3.8, 4) is 16.9 Å². The lowest BCUT2D eigenvalue weighted by atomic mass is 10.1. The summed E-state index contributed by atoms with van der Waals surface area (Å²) in [5.74, 6) is 0.710. The van der Waals surface area contributed by atoms with Crippen molar-refractivity contribution in [2.24, 2.45) is 7.05 Å². The van der Waals surface area contributed by atoms with Crippen LogP contribution in [-0.2, 0) is 11.8 Å². The minimum Gasteiger partial charge on any atom is -0.491 e. The standard InChI is InChI=1S/C17H23N4O2/c1-13(19-17(22)11-20(2)3)12-23-16-7-5-6-14(8-16)15-9-18-21(4)10-15/h6-10,13H,11-12H2,1-4H3,(H,19,22)/t13-/m0/s1. The van der Waals surface area contributed by atoms with Gasteiger partial charge in [0.15, 0.2) is 0 Å². The van der Waals surface area contributed by atoms with Gasteiger partial charge >= 0.3 is 0 Å². The first-order valence-electron chi connectivity index (χ1n) is 7.51. The summed E-state index contributed by atoms with van der Waals surface area (Å²) in [5.41, 5.74) is 2.02. The SMILES string of the molecule is C[C@@H](COc1c[c]cc(-c2cnn(C)c2)c1)NC(=O)CN(C)C. The Labute approximate surface area is 137 Å². The molecular weight excluding hydrogens is 292 g/mol. The molecule has 0 spiro atoms. The maximum atomic E-state index is 11.7. The van der Waals surface area contributed by atoms with Crippen molar-refractivity contribution < 1.29 is 9.53 Å². The molecule has 0 aliphatic heterocycles. The molecule has 1 aromatic carbocycles. The molecule has 1 amide bonds. The lowest BCUT2D eigenvalue weighted by Crippen LogP contribution is -2.41. The summed E-state index contributed by atoms with van der Waals surface area (Å²) >= 11 is 0. The van der Waals surface area contributed by atoms with Gasteiger partial charge in [-0.25, -0.2) is 0 Å². The number of nitrogens with one attached hydrogen (secondary N) is 1. The molecule has 0 fully saturated rings. The molecule has 0 saturated heterocycles. The van der Waals surface area contributed by atoms with E-state index in [1.165, 1.54) is 0 Å². The normalized spacial score (nSPS) is 12.2. The molecule has 1 N–H and O–H groups in total. The van der Waals surface area contributed by atoms with Gasteiger partial charge in [0.1, 0.15) is 12.4 Å². The van der Waals surface area contributed by atoms with E-state index in [0.717, 1.165) is 16.9 Å². The number of aromatic nitrogens is 2. The highest BCUT2D eigenvalue weighted by Crippen LogP contribution is 2.23. The molecule has 0 unspecified atom stereocenters. The summed E-state index contributed by atoms with van der Waals surface area (Å²) in [7, 11) is 5.60. The second kappa shape index (κ2) is 7.78. The number of hydrogen-bond acceptors (Lipinski definition) is 4. The third-order valence-electron chi connectivity index (χ3n) is 3.17. The van der Waals surface area contributed by atoms with Crippen LogP contribution in [0.4, 0.5) is 0 Å². The second-order valence-electron chi connectivity index (χ2n) is 5.88. The van der Waals surface area contributed by atoms with Crippen LogP contribution < -0.4 is 10.1 Å². The van der Waals surface area contributed by atoms with Crippen LogP contribution in [0.5, 0.6) is 5.75 Å². The van der Waals surface area contributed by atoms with E-state index in [-0.39, 0.29) is 11.9 Å². The summed E-state index contributed by atoms with van der Waals surface area (Å²) in [5, 5.41) is 7.07. The van der Waals surface area contributed by atoms with Gasteiger partial charge in [-0.2, -0.15) is 5.10 Å².